The van der Waals surface area contributed by atoms with Crippen LogP contribution in [0.25, 0.3) is 0 Å². The van der Waals surface area contributed by atoms with Crippen molar-refractivity contribution in [3.63, 3.8) is 0 Å². The Balaban J connectivity index is 2.14. The van der Waals surface area contributed by atoms with E-state index in [2.05, 4.69) is 15.9 Å². The van der Waals surface area contributed by atoms with Crippen molar-refractivity contribution in [2.45, 2.75) is 40.2 Å². The number of amides is 2. The Bertz CT molecular complexity index is 913. The third-order valence-corrected chi connectivity index (χ3v) is 5.88. The molecule has 0 fully saturated rings. The van der Waals surface area contributed by atoms with Gasteiger partial charge in [-0.25, -0.2) is 4.79 Å². The summed E-state index contributed by atoms with van der Waals surface area (Å²) in [5.74, 6) is -0.0843. The van der Waals surface area contributed by atoms with Crippen molar-refractivity contribution in [1.29, 1.82) is 0 Å². The number of carbonyl (C=O) groups is 2. The summed E-state index contributed by atoms with van der Waals surface area (Å²) in [6.07, 6.45) is 0.345. The van der Waals surface area contributed by atoms with Gasteiger partial charge in [0.15, 0.2) is 0 Å². The average Bonchev–Trinajstić information content (AvgIpc) is 2.67. The molecule has 2 amide bonds. The van der Waals surface area contributed by atoms with Gasteiger partial charge in [-0.3, -0.25) is 9.69 Å². The smallest absolute Gasteiger partial charge is 0.414 e. The molecule has 0 radical (unpaired) electrons. The number of hydrogen-bond donors (Lipinski definition) is 0. The van der Waals surface area contributed by atoms with Crippen LogP contribution in [0.4, 0.5) is 16.2 Å². The van der Waals surface area contributed by atoms with Gasteiger partial charge in [0.05, 0.1) is 29.6 Å². The van der Waals surface area contributed by atoms with Gasteiger partial charge in [-0.1, -0.05) is 19.1 Å². The topological polar surface area (TPSA) is 49.9 Å². The number of nitrogens with zero attached hydrogens (tertiary/aromatic N) is 2. The predicted octanol–water partition coefficient (Wildman–Crippen LogP) is 5.47. The van der Waals surface area contributed by atoms with Crippen molar-refractivity contribution in [3.05, 3.63) is 57.6 Å². The molecule has 1 aliphatic heterocycles. The van der Waals surface area contributed by atoms with E-state index >= 15 is 0 Å². The first-order valence-corrected chi connectivity index (χ1v) is 10.3. The van der Waals surface area contributed by atoms with Crippen LogP contribution >= 0.6 is 15.9 Å². The first kappa shape index (κ1) is 20.4. The monoisotopic (exact) mass is 444 g/mol. The molecule has 5 nitrogen and oxygen atoms in total. The minimum Gasteiger partial charge on any atom is -0.449 e. The number of anilines is 2. The standard InChI is InChI=1S/C22H25BrN2O3/c1-5-16-13-24(21(26)17-9-7-8-10-18(17)23)19-11-14(3)15(4)12-20(19)25(16)22(27)28-6-2/h7-12,16H,5-6,13H2,1-4H3. The molecule has 28 heavy (non-hydrogen) atoms. The summed E-state index contributed by atoms with van der Waals surface area (Å²) in [5, 5.41) is 0. The van der Waals surface area contributed by atoms with Crippen LogP contribution < -0.4 is 9.80 Å². The van der Waals surface area contributed by atoms with Crippen molar-refractivity contribution in [1.82, 2.24) is 0 Å². The Kier molecular flexibility index (Phi) is 6.08. The van der Waals surface area contributed by atoms with E-state index in [0.717, 1.165) is 27.0 Å². The highest BCUT2D eigenvalue weighted by molar-refractivity contribution is 9.10. The van der Waals surface area contributed by atoms with Gasteiger partial charge in [-0.05, 0) is 78.5 Å². The van der Waals surface area contributed by atoms with E-state index in [1.54, 1.807) is 16.7 Å². The Morgan fingerprint density at radius 2 is 1.75 bits per heavy atom. The Hall–Kier alpha value is -2.34. The van der Waals surface area contributed by atoms with Crippen LogP contribution in [0, 0.1) is 13.8 Å². The van der Waals surface area contributed by atoms with Crippen molar-refractivity contribution < 1.29 is 14.3 Å². The van der Waals surface area contributed by atoms with Crippen LogP contribution in [-0.4, -0.2) is 31.2 Å². The second-order valence-electron chi connectivity index (χ2n) is 6.95. The lowest BCUT2D eigenvalue weighted by atomic mass is 9.99. The fraction of sp³-hybridized carbons (Fsp3) is 0.364. The predicted molar refractivity (Wildman–Crippen MR) is 115 cm³/mol. The third-order valence-electron chi connectivity index (χ3n) is 5.18. The van der Waals surface area contributed by atoms with E-state index in [9.17, 15) is 9.59 Å². The second kappa shape index (κ2) is 8.35. The number of ether oxygens (including phenoxy) is 1. The van der Waals surface area contributed by atoms with Gasteiger partial charge in [0, 0.05) is 11.0 Å². The molecule has 0 spiro atoms. The zero-order valence-electron chi connectivity index (χ0n) is 16.7. The summed E-state index contributed by atoms with van der Waals surface area (Å²) in [7, 11) is 0. The number of benzene rings is 2. The molecular weight excluding hydrogens is 420 g/mol. The molecule has 1 heterocycles. The number of rotatable bonds is 3. The highest BCUT2D eigenvalue weighted by Gasteiger charge is 2.38. The van der Waals surface area contributed by atoms with Crippen molar-refractivity contribution >= 4 is 39.3 Å². The summed E-state index contributed by atoms with van der Waals surface area (Å²) in [6, 6.07) is 11.2. The molecule has 0 aromatic heterocycles. The van der Waals surface area contributed by atoms with Gasteiger partial charge < -0.3 is 9.64 Å². The van der Waals surface area contributed by atoms with Crippen LogP contribution in [0.5, 0.6) is 0 Å². The Labute approximate surface area is 174 Å². The van der Waals surface area contributed by atoms with Gasteiger partial charge in [0.2, 0.25) is 0 Å². The van der Waals surface area contributed by atoms with E-state index in [4.69, 9.17) is 4.74 Å². The van der Waals surface area contributed by atoms with Gasteiger partial charge in [0.1, 0.15) is 0 Å². The number of carbonyl (C=O) groups excluding carboxylic acids is 2. The van der Waals surface area contributed by atoms with Crippen LogP contribution in [0.3, 0.4) is 0 Å². The summed E-state index contributed by atoms with van der Waals surface area (Å²) in [6.45, 7) is 8.57. The minimum atomic E-state index is -0.369. The summed E-state index contributed by atoms with van der Waals surface area (Å²) in [5.41, 5.74) is 4.20. The van der Waals surface area contributed by atoms with Crippen molar-refractivity contribution in [2.24, 2.45) is 0 Å². The van der Waals surface area contributed by atoms with E-state index in [1.165, 1.54) is 0 Å². The molecule has 148 valence electrons. The molecule has 0 saturated carbocycles. The second-order valence-corrected chi connectivity index (χ2v) is 7.81. The fourth-order valence-electron chi connectivity index (χ4n) is 3.51. The maximum atomic E-state index is 13.4. The van der Waals surface area contributed by atoms with E-state index in [1.807, 2.05) is 57.2 Å². The quantitative estimate of drug-likeness (QED) is 0.630. The lowest BCUT2D eigenvalue weighted by Crippen LogP contribution is -2.53. The molecule has 2 aromatic carbocycles. The summed E-state index contributed by atoms with van der Waals surface area (Å²) < 4.78 is 6.07. The molecule has 1 atom stereocenters. The van der Waals surface area contributed by atoms with Crippen LogP contribution in [0.1, 0.15) is 41.8 Å². The molecule has 3 rings (SSSR count). The van der Waals surface area contributed by atoms with Gasteiger partial charge in [0.25, 0.3) is 5.91 Å². The lowest BCUT2D eigenvalue weighted by molar-refractivity contribution is 0.0980. The molecular formula is C22H25BrN2O3. The van der Waals surface area contributed by atoms with Gasteiger partial charge >= 0.3 is 6.09 Å². The van der Waals surface area contributed by atoms with E-state index in [0.29, 0.717) is 25.1 Å². The number of fused-ring (bicyclic) bond motifs is 1. The first-order valence-electron chi connectivity index (χ1n) is 9.52. The normalized spacial score (nSPS) is 16.0. The van der Waals surface area contributed by atoms with Crippen LogP contribution in [0.2, 0.25) is 0 Å². The van der Waals surface area contributed by atoms with Crippen LogP contribution in [-0.2, 0) is 4.74 Å². The maximum Gasteiger partial charge on any atom is 0.414 e. The maximum absolute atomic E-state index is 13.4. The number of halogens is 1. The fourth-order valence-corrected chi connectivity index (χ4v) is 3.96. The van der Waals surface area contributed by atoms with E-state index < -0.39 is 0 Å². The minimum absolute atomic E-state index is 0.0843. The zero-order valence-corrected chi connectivity index (χ0v) is 18.2. The van der Waals surface area contributed by atoms with Crippen molar-refractivity contribution in [3.8, 4) is 0 Å². The summed E-state index contributed by atoms with van der Waals surface area (Å²) in [4.78, 5) is 29.6. The van der Waals surface area contributed by atoms with Crippen LogP contribution in [0.15, 0.2) is 40.9 Å². The third kappa shape index (κ3) is 3.65. The molecule has 0 aliphatic carbocycles. The molecule has 0 bridgehead atoms. The molecule has 0 N–H and O–H groups in total. The zero-order chi connectivity index (χ0) is 20.4. The SMILES string of the molecule is CCOC(=O)N1c2cc(C)c(C)cc2N(C(=O)c2ccccc2Br)CC1CC. The Morgan fingerprint density at radius 1 is 1.11 bits per heavy atom. The molecule has 1 aliphatic rings. The molecule has 6 heteroatoms. The molecule has 0 saturated heterocycles. The highest BCUT2D eigenvalue weighted by atomic mass is 79.9. The Morgan fingerprint density at radius 3 is 2.36 bits per heavy atom. The summed E-state index contributed by atoms with van der Waals surface area (Å²) >= 11 is 3.49. The lowest BCUT2D eigenvalue weighted by Gasteiger charge is -2.42. The first-order chi connectivity index (χ1) is 13.4. The largest absolute Gasteiger partial charge is 0.449 e. The van der Waals surface area contributed by atoms with Crippen molar-refractivity contribution in [2.75, 3.05) is 23.0 Å². The highest BCUT2D eigenvalue weighted by Crippen LogP contribution is 2.40. The number of hydrogen-bond acceptors (Lipinski definition) is 3. The average molecular weight is 445 g/mol. The van der Waals surface area contributed by atoms with Gasteiger partial charge in [-0.15, -0.1) is 0 Å². The molecule has 2 aromatic rings. The number of aryl methyl sites for hydroxylation is 2. The van der Waals surface area contributed by atoms with E-state index in [-0.39, 0.29) is 18.0 Å². The molecule has 1 unspecified atom stereocenters. The van der Waals surface area contributed by atoms with Gasteiger partial charge in [-0.2, -0.15) is 0 Å².